The highest BCUT2D eigenvalue weighted by Gasteiger charge is 2.43. The number of benzene rings is 2. The number of nitrogens with zero attached hydrogens (tertiary/aromatic N) is 4. The molecule has 0 saturated carbocycles. The number of unbranched alkanes of at least 4 members (excludes halogenated alkanes) is 3. The molecule has 1 aliphatic heterocycles. The van der Waals surface area contributed by atoms with E-state index < -0.39 is 31.2 Å². The summed E-state index contributed by atoms with van der Waals surface area (Å²) in [5, 5.41) is 38.6. The Bertz CT molecular complexity index is 1340. The van der Waals surface area contributed by atoms with E-state index in [1.807, 2.05) is 48.5 Å². The fraction of sp³-hybridized carbons (Fsp3) is 0.444. The molecule has 10 nitrogen and oxygen atoms in total. The Morgan fingerprint density at radius 2 is 1.54 bits per heavy atom. The zero-order chi connectivity index (χ0) is 25.8. The molecule has 1 aliphatic rings. The van der Waals surface area contributed by atoms with E-state index >= 15 is 0 Å². The largest absolute Gasteiger partial charge is 0.394 e. The van der Waals surface area contributed by atoms with E-state index in [1.54, 1.807) is 10.9 Å². The van der Waals surface area contributed by atoms with Gasteiger partial charge in [0.25, 0.3) is 0 Å². The van der Waals surface area contributed by atoms with E-state index in [2.05, 4.69) is 14.9 Å². The van der Waals surface area contributed by atoms with Crippen LogP contribution in [0.15, 0.2) is 59.5 Å². The van der Waals surface area contributed by atoms with Gasteiger partial charge in [0, 0.05) is 23.9 Å². The molecule has 2 aromatic carbocycles. The molecule has 3 N–H and O–H groups in total. The minimum atomic E-state index is -1.22. The van der Waals surface area contributed by atoms with E-state index in [9.17, 15) is 15.0 Å². The summed E-state index contributed by atoms with van der Waals surface area (Å²) in [6.45, 7) is 1.25. The Balaban J connectivity index is 1.09. The Labute approximate surface area is 213 Å². The Morgan fingerprint density at radius 1 is 0.892 bits per heavy atom. The number of rotatable bonds is 11. The number of fused-ring (bicyclic) bond motifs is 2. The van der Waals surface area contributed by atoms with E-state index in [0.29, 0.717) is 5.69 Å². The van der Waals surface area contributed by atoms with Crippen molar-refractivity contribution in [1.82, 2.24) is 19.6 Å². The zero-order valence-corrected chi connectivity index (χ0v) is 20.5. The summed E-state index contributed by atoms with van der Waals surface area (Å²) in [5.41, 5.74) is 2.62. The van der Waals surface area contributed by atoms with Crippen molar-refractivity contribution in [3.63, 3.8) is 0 Å². The lowest BCUT2D eigenvalue weighted by Crippen LogP contribution is -2.34. The average molecular weight is 509 g/mol. The average Bonchev–Trinajstić information content (AvgIpc) is 3.50. The zero-order valence-electron chi connectivity index (χ0n) is 20.5. The van der Waals surface area contributed by atoms with Gasteiger partial charge in [-0.15, -0.1) is 5.10 Å². The van der Waals surface area contributed by atoms with Gasteiger partial charge in [-0.25, -0.2) is 0 Å². The molecule has 10 heteroatoms. The molecule has 4 atom stereocenters. The van der Waals surface area contributed by atoms with Crippen LogP contribution in [0.1, 0.15) is 31.4 Å². The number of aliphatic hydroxyl groups excluding tert-OH is 3. The van der Waals surface area contributed by atoms with Gasteiger partial charge in [0.1, 0.15) is 24.0 Å². The van der Waals surface area contributed by atoms with Crippen molar-refractivity contribution < 1.29 is 24.8 Å². The van der Waals surface area contributed by atoms with Gasteiger partial charge in [-0.05, 0) is 37.1 Å². The summed E-state index contributed by atoms with van der Waals surface area (Å²) in [6.07, 6.45) is 1.52. The molecule has 0 radical (unpaired) electrons. The summed E-state index contributed by atoms with van der Waals surface area (Å²) in [4.78, 5) is 12.9. The molecule has 0 unspecified atom stereocenters. The van der Waals surface area contributed by atoms with Crippen LogP contribution >= 0.6 is 0 Å². The van der Waals surface area contributed by atoms with Gasteiger partial charge in [-0.2, -0.15) is 0 Å². The molecular weight excluding hydrogens is 476 g/mol. The SMILES string of the molecule is O=c1c2ccccc2n(CCCCCCn2cc(CO[C@@H]3O[C@H](CO)[C@@H](O)[C@H]3O)nn2)c2ccccc12. The highest BCUT2D eigenvalue weighted by molar-refractivity contribution is 5.93. The fourth-order valence-corrected chi connectivity index (χ4v) is 4.90. The van der Waals surface area contributed by atoms with Gasteiger partial charge >= 0.3 is 0 Å². The summed E-state index contributed by atoms with van der Waals surface area (Å²) in [5.74, 6) is 0. The minimum absolute atomic E-state index is 0.0773. The van der Waals surface area contributed by atoms with Crippen molar-refractivity contribution in [3.05, 3.63) is 70.6 Å². The lowest BCUT2D eigenvalue weighted by atomic mass is 10.1. The van der Waals surface area contributed by atoms with Crippen molar-refractivity contribution in [1.29, 1.82) is 0 Å². The molecule has 0 bridgehead atoms. The first-order valence-electron chi connectivity index (χ1n) is 12.7. The number of pyridine rings is 1. The monoisotopic (exact) mass is 508 g/mol. The molecule has 3 heterocycles. The standard InChI is InChI=1S/C27H32N4O6/c32-16-23-25(34)26(35)27(37-23)36-17-18-15-30(29-28-18)13-7-1-2-8-14-31-21-11-5-3-9-19(21)24(33)20-10-4-6-12-22(20)31/h3-6,9-12,15,23,25-27,32,34-35H,1-2,7-8,13-14,16-17H2/t23-,25-,26-,27-/m1/s1. The predicted octanol–water partition coefficient (Wildman–Crippen LogP) is 1.96. The second kappa shape index (κ2) is 11.5. The van der Waals surface area contributed by atoms with Crippen LogP contribution in [0.5, 0.6) is 0 Å². The molecule has 0 spiro atoms. The van der Waals surface area contributed by atoms with Crippen LogP contribution in [0.25, 0.3) is 21.8 Å². The van der Waals surface area contributed by atoms with Crippen LogP contribution in [0, 0.1) is 0 Å². The molecule has 1 fully saturated rings. The first-order chi connectivity index (χ1) is 18.1. The van der Waals surface area contributed by atoms with Crippen LogP contribution in [-0.4, -0.2) is 66.1 Å². The molecular formula is C27H32N4O6. The van der Waals surface area contributed by atoms with Crippen LogP contribution in [0.4, 0.5) is 0 Å². The highest BCUT2D eigenvalue weighted by atomic mass is 16.7. The maximum absolute atomic E-state index is 12.9. The first kappa shape index (κ1) is 25.5. The molecule has 4 aromatic rings. The maximum Gasteiger partial charge on any atom is 0.197 e. The van der Waals surface area contributed by atoms with Crippen LogP contribution in [0.2, 0.25) is 0 Å². The smallest absolute Gasteiger partial charge is 0.197 e. The number of ether oxygens (including phenoxy) is 2. The van der Waals surface area contributed by atoms with Gasteiger partial charge in [0.05, 0.1) is 30.4 Å². The topological polar surface area (TPSA) is 132 Å². The summed E-state index contributed by atoms with van der Waals surface area (Å²) >= 11 is 0. The van der Waals surface area contributed by atoms with Crippen LogP contribution in [0.3, 0.4) is 0 Å². The van der Waals surface area contributed by atoms with Gasteiger partial charge in [0.2, 0.25) is 0 Å². The Hall–Kier alpha value is -3.15. The third kappa shape index (κ3) is 5.43. The van der Waals surface area contributed by atoms with E-state index in [-0.39, 0.29) is 12.0 Å². The van der Waals surface area contributed by atoms with Gasteiger partial charge < -0.3 is 29.4 Å². The van der Waals surface area contributed by atoms with Gasteiger partial charge in [-0.3, -0.25) is 9.48 Å². The lowest BCUT2D eigenvalue weighted by Gasteiger charge is -2.15. The first-order valence-corrected chi connectivity index (χ1v) is 12.7. The second-order valence-corrected chi connectivity index (χ2v) is 9.42. The second-order valence-electron chi connectivity index (χ2n) is 9.42. The van der Waals surface area contributed by atoms with Gasteiger partial charge in [0.15, 0.2) is 11.7 Å². The fourth-order valence-electron chi connectivity index (χ4n) is 4.90. The van der Waals surface area contributed by atoms with Crippen LogP contribution < -0.4 is 5.43 Å². The quantitative estimate of drug-likeness (QED) is 0.207. The molecule has 0 aliphatic carbocycles. The molecule has 2 aromatic heterocycles. The molecule has 5 rings (SSSR count). The van der Waals surface area contributed by atoms with E-state index in [0.717, 1.165) is 60.6 Å². The molecule has 37 heavy (non-hydrogen) atoms. The molecule has 196 valence electrons. The normalized spacial score (nSPS) is 21.8. The minimum Gasteiger partial charge on any atom is -0.394 e. The number of hydrogen-bond acceptors (Lipinski definition) is 8. The Kier molecular flexibility index (Phi) is 7.92. The Morgan fingerprint density at radius 3 is 2.19 bits per heavy atom. The van der Waals surface area contributed by atoms with Crippen molar-refractivity contribution >= 4 is 21.8 Å². The number of aliphatic hydroxyl groups is 3. The third-order valence-corrected chi connectivity index (χ3v) is 6.88. The number of aryl methyl sites for hydroxylation is 2. The lowest BCUT2D eigenvalue weighted by molar-refractivity contribution is -0.176. The number of para-hydroxylation sites is 2. The van der Waals surface area contributed by atoms with Crippen molar-refractivity contribution in [3.8, 4) is 0 Å². The highest BCUT2D eigenvalue weighted by Crippen LogP contribution is 2.23. The van der Waals surface area contributed by atoms with E-state index in [4.69, 9.17) is 14.6 Å². The number of aromatic nitrogens is 4. The van der Waals surface area contributed by atoms with Crippen LogP contribution in [-0.2, 0) is 29.2 Å². The third-order valence-electron chi connectivity index (χ3n) is 6.88. The summed E-state index contributed by atoms with van der Waals surface area (Å²) < 4.78 is 14.8. The molecule has 0 amide bonds. The van der Waals surface area contributed by atoms with E-state index in [1.165, 1.54) is 0 Å². The number of hydrogen-bond donors (Lipinski definition) is 3. The predicted molar refractivity (Wildman–Crippen MR) is 137 cm³/mol. The van der Waals surface area contributed by atoms with Crippen molar-refractivity contribution in [2.45, 2.75) is 70.0 Å². The molecule has 1 saturated heterocycles. The summed E-state index contributed by atoms with van der Waals surface area (Å²) in [7, 11) is 0. The van der Waals surface area contributed by atoms with Gasteiger partial charge in [-0.1, -0.05) is 42.3 Å². The van der Waals surface area contributed by atoms with Crippen molar-refractivity contribution in [2.75, 3.05) is 6.61 Å². The maximum atomic E-state index is 12.9. The van der Waals surface area contributed by atoms with Crippen molar-refractivity contribution in [2.24, 2.45) is 0 Å². The summed E-state index contributed by atoms with van der Waals surface area (Å²) in [6, 6.07) is 15.6.